The largest absolute Gasteiger partial charge is 0.393 e. The van der Waals surface area contributed by atoms with E-state index in [2.05, 4.69) is 5.32 Å². The predicted molar refractivity (Wildman–Crippen MR) is 69.2 cm³/mol. The smallest absolute Gasteiger partial charge is 0.383 e. The normalized spacial score (nSPS) is 21.8. The van der Waals surface area contributed by atoms with Crippen molar-refractivity contribution in [3.05, 3.63) is 0 Å². The van der Waals surface area contributed by atoms with Crippen LogP contribution in [0.25, 0.3) is 0 Å². The number of piperidine rings is 1. The van der Waals surface area contributed by atoms with Crippen molar-refractivity contribution in [1.29, 1.82) is 0 Å². The van der Waals surface area contributed by atoms with Gasteiger partial charge in [-0.3, -0.25) is 0 Å². The summed E-state index contributed by atoms with van der Waals surface area (Å²) in [5.74, 6) is -1.12. The summed E-state index contributed by atoms with van der Waals surface area (Å²) in [6.07, 6.45) is -1.13. The van der Waals surface area contributed by atoms with Crippen molar-refractivity contribution in [2.75, 3.05) is 46.4 Å². The predicted octanol–water partition coefficient (Wildman–Crippen LogP) is 2.28. The lowest BCUT2D eigenvalue weighted by Gasteiger charge is -2.33. The zero-order chi connectivity index (χ0) is 14.1. The molecule has 1 unspecified atom stereocenters. The summed E-state index contributed by atoms with van der Waals surface area (Å²) in [4.78, 5) is 1.96. The molecular formula is C13H25F3N2O. The maximum atomic E-state index is 12.6. The Labute approximate surface area is 113 Å². The van der Waals surface area contributed by atoms with Crippen LogP contribution in [-0.2, 0) is 4.74 Å². The fourth-order valence-corrected chi connectivity index (χ4v) is 2.41. The Morgan fingerprint density at radius 2 is 2.05 bits per heavy atom. The van der Waals surface area contributed by atoms with E-state index in [-0.39, 0.29) is 6.54 Å². The summed E-state index contributed by atoms with van der Waals surface area (Å²) < 4.78 is 42.8. The molecule has 1 aliphatic heterocycles. The number of nitrogens with one attached hydrogen (secondary N) is 1. The molecule has 1 heterocycles. The van der Waals surface area contributed by atoms with Crippen LogP contribution in [0.15, 0.2) is 0 Å². The zero-order valence-corrected chi connectivity index (χ0v) is 11.6. The van der Waals surface area contributed by atoms with Gasteiger partial charge >= 0.3 is 6.18 Å². The monoisotopic (exact) mass is 282 g/mol. The summed E-state index contributed by atoms with van der Waals surface area (Å²) in [6, 6.07) is 0. The molecule has 0 aromatic carbocycles. The number of nitrogens with zero attached hydrogens (tertiary/aromatic N) is 1. The Bertz CT molecular complexity index is 236. The highest BCUT2D eigenvalue weighted by Crippen LogP contribution is 2.33. The first-order valence-corrected chi connectivity index (χ1v) is 7.02. The third kappa shape index (κ3) is 7.13. The Hall–Kier alpha value is -0.330. The van der Waals surface area contributed by atoms with Crippen molar-refractivity contribution >= 4 is 0 Å². The molecule has 1 N–H and O–H groups in total. The molecule has 19 heavy (non-hydrogen) atoms. The summed E-state index contributed by atoms with van der Waals surface area (Å²) in [5.41, 5.74) is 0. The molecule has 0 amide bonds. The molecule has 114 valence electrons. The van der Waals surface area contributed by atoms with Crippen molar-refractivity contribution in [2.24, 2.45) is 5.92 Å². The van der Waals surface area contributed by atoms with Gasteiger partial charge in [0, 0.05) is 20.2 Å². The highest BCUT2D eigenvalue weighted by Gasteiger charge is 2.41. The third-order valence-electron chi connectivity index (χ3n) is 3.53. The summed E-state index contributed by atoms with van der Waals surface area (Å²) >= 11 is 0. The van der Waals surface area contributed by atoms with Crippen LogP contribution in [-0.4, -0.2) is 57.5 Å². The topological polar surface area (TPSA) is 24.5 Å². The zero-order valence-electron chi connectivity index (χ0n) is 11.6. The maximum Gasteiger partial charge on any atom is 0.393 e. The minimum Gasteiger partial charge on any atom is -0.383 e. The number of hydrogen-bond donors (Lipinski definition) is 1. The number of unbranched alkanes of at least 4 members (excludes halogenated alkanes) is 1. The molecule has 1 fully saturated rings. The number of halogens is 3. The fourth-order valence-electron chi connectivity index (χ4n) is 2.41. The van der Waals surface area contributed by atoms with Gasteiger partial charge in [-0.25, -0.2) is 0 Å². The molecule has 1 rings (SSSR count). The Kier molecular flexibility index (Phi) is 7.71. The number of hydrogen-bond acceptors (Lipinski definition) is 3. The van der Waals surface area contributed by atoms with E-state index in [0.29, 0.717) is 19.4 Å². The minimum absolute atomic E-state index is 0.181. The van der Waals surface area contributed by atoms with Crippen molar-refractivity contribution in [3.63, 3.8) is 0 Å². The first-order valence-electron chi connectivity index (χ1n) is 7.02. The van der Waals surface area contributed by atoms with Gasteiger partial charge in [-0.05, 0) is 45.3 Å². The molecule has 6 heteroatoms. The summed E-state index contributed by atoms with van der Waals surface area (Å²) in [5, 5.41) is 3.23. The average Bonchev–Trinajstić information content (AvgIpc) is 2.37. The van der Waals surface area contributed by atoms with Crippen LogP contribution in [0.5, 0.6) is 0 Å². The standard InChI is InChI=1S/C13H25F3N2O/c1-19-10-7-17-6-2-3-8-18-9-4-5-12(11-18)13(14,15)16/h12,17H,2-11H2,1H3. The number of likely N-dealkylation sites (tertiary alicyclic amines) is 1. The van der Waals surface area contributed by atoms with Gasteiger partial charge in [-0.1, -0.05) is 0 Å². The van der Waals surface area contributed by atoms with E-state index >= 15 is 0 Å². The van der Waals surface area contributed by atoms with Gasteiger partial charge in [-0.2, -0.15) is 13.2 Å². The lowest BCUT2D eigenvalue weighted by molar-refractivity contribution is -0.186. The Morgan fingerprint density at radius 1 is 1.26 bits per heavy atom. The van der Waals surface area contributed by atoms with E-state index in [0.717, 1.165) is 39.0 Å². The summed E-state index contributed by atoms with van der Waals surface area (Å²) in [6.45, 7) is 4.19. The molecule has 0 bridgehead atoms. The van der Waals surface area contributed by atoms with Crippen molar-refractivity contribution < 1.29 is 17.9 Å². The second kappa shape index (κ2) is 8.76. The van der Waals surface area contributed by atoms with E-state index in [9.17, 15) is 13.2 Å². The van der Waals surface area contributed by atoms with E-state index < -0.39 is 12.1 Å². The van der Waals surface area contributed by atoms with Crippen LogP contribution in [0.1, 0.15) is 25.7 Å². The number of alkyl halides is 3. The number of ether oxygens (including phenoxy) is 1. The van der Waals surface area contributed by atoms with E-state index in [1.807, 2.05) is 4.90 Å². The van der Waals surface area contributed by atoms with Crippen LogP contribution >= 0.6 is 0 Å². The Balaban J connectivity index is 2.06. The van der Waals surface area contributed by atoms with Gasteiger partial charge in [0.05, 0.1) is 12.5 Å². The molecule has 0 radical (unpaired) electrons. The van der Waals surface area contributed by atoms with Crippen molar-refractivity contribution in [3.8, 4) is 0 Å². The molecule has 0 aromatic heterocycles. The van der Waals surface area contributed by atoms with Gasteiger partial charge in [0.15, 0.2) is 0 Å². The maximum absolute atomic E-state index is 12.6. The molecule has 0 aliphatic carbocycles. The van der Waals surface area contributed by atoms with E-state index in [1.54, 1.807) is 7.11 Å². The van der Waals surface area contributed by atoms with Gasteiger partial charge < -0.3 is 15.0 Å². The lowest BCUT2D eigenvalue weighted by Crippen LogP contribution is -2.42. The van der Waals surface area contributed by atoms with E-state index in [1.165, 1.54) is 0 Å². The molecule has 1 saturated heterocycles. The molecule has 1 atom stereocenters. The molecular weight excluding hydrogens is 257 g/mol. The van der Waals surface area contributed by atoms with Crippen molar-refractivity contribution in [1.82, 2.24) is 10.2 Å². The van der Waals surface area contributed by atoms with Crippen LogP contribution in [0.4, 0.5) is 13.2 Å². The van der Waals surface area contributed by atoms with E-state index in [4.69, 9.17) is 4.74 Å². The lowest BCUT2D eigenvalue weighted by atomic mass is 9.97. The van der Waals surface area contributed by atoms with Crippen LogP contribution < -0.4 is 5.32 Å². The van der Waals surface area contributed by atoms with Gasteiger partial charge in [-0.15, -0.1) is 0 Å². The second-order valence-electron chi connectivity index (χ2n) is 5.13. The highest BCUT2D eigenvalue weighted by molar-refractivity contribution is 4.77. The van der Waals surface area contributed by atoms with Gasteiger partial charge in [0.1, 0.15) is 0 Å². The van der Waals surface area contributed by atoms with Crippen LogP contribution in [0, 0.1) is 5.92 Å². The molecule has 0 spiro atoms. The number of methoxy groups -OCH3 is 1. The average molecular weight is 282 g/mol. The van der Waals surface area contributed by atoms with Gasteiger partial charge in [0.25, 0.3) is 0 Å². The Morgan fingerprint density at radius 3 is 2.74 bits per heavy atom. The number of rotatable bonds is 8. The van der Waals surface area contributed by atoms with Crippen LogP contribution in [0.2, 0.25) is 0 Å². The third-order valence-corrected chi connectivity index (χ3v) is 3.53. The first-order chi connectivity index (χ1) is 9.04. The SMILES string of the molecule is COCCNCCCCN1CCCC(C(F)(F)F)C1. The quantitative estimate of drug-likeness (QED) is 0.691. The van der Waals surface area contributed by atoms with Crippen molar-refractivity contribution in [2.45, 2.75) is 31.9 Å². The molecule has 3 nitrogen and oxygen atoms in total. The van der Waals surface area contributed by atoms with Gasteiger partial charge in [0.2, 0.25) is 0 Å². The second-order valence-corrected chi connectivity index (χ2v) is 5.13. The fraction of sp³-hybridized carbons (Fsp3) is 1.00. The molecule has 1 aliphatic rings. The summed E-state index contributed by atoms with van der Waals surface area (Å²) in [7, 11) is 1.66. The van der Waals surface area contributed by atoms with Crippen LogP contribution in [0.3, 0.4) is 0 Å². The first kappa shape index (κ1) is 16.7. The molecule has 0 aromatic rings. The molecule has 0 saturated carbocycles. The highest BCUT2D eigenvalue weighted by atomic mass is 19.4. The minimum atomic E-state index is -4.03.